The minimum atomic E-state index is -0.895. The first-order chi connectivity index (χ1) is 7.27. The summed E-state index contributed by atoms with van der Waals surface area (Å²) >= 11 is 0. The third-order valence-electron chi connectivity index (χ3n) is 2.47. The summed E-state index contributed by atoms with van der Waals surface area (Å²) in [4.78, 5) is 18.7. The second-order valence-electron chi connectivity index (χ2n) is 3.52. The molecule has 1 fully saturated rings. The van der Waals surface area contributed by atoms with Gasteiger partial charge in [0.25, 0.3) is 0 Å². The first kappa shape index (κ1) is 10.0. The van der Waals surface area contributed by atoms with Crippen molar-refractivity contribution in [2.24, 2.45) is 0 Å². The van der Waals surface area contributed by atoms with Crippen molar-refractivity contribution in [1.82, 2.24) is 9.97 Å². The maximum atomic E-state index is 10.8. The van der Waals surface area contributed by atoms with E-state index in [1.54, 1.807) is 12.3 Å². The minimum Gasteiger partial charge on any atom is -0.479 e. The molecule has 2 unspecified atom stereocenters. The predicted molar refractivity (Wildman–Crippen MR) is 51.1 cm³/mol. The summed E-state index contributed by atoms with van der Waals surface area (Å²) < 4.78 is 5.44. The lowest BCUT2D eigenvalue weighted by Gasteiger charge is -2.26. The van der Waals surface area contributed by atoms with Crippen LogP contribution in [0.4, 0.5) is 0 Å². The summed E-state index contributed by atoms with van der Waals surface area (Å²) in [5.41, 5.74) is 0.760. The molecule has 0 aliphatic carbocycles. The third kappa shape index (κ3) is 2.30. The zero-order valence-corrected chi connectivity index (χ0v) is 8.17. The molecule has 0 bridgehead atoms. The highest BCUT2D eigenvalue weighted by atomic mass is 16.5. The number of ether oxygens (including phenoxy) is 1. The molecule has 1 aromatic heterocycles. The molecule has 15 heavy (non-hydrogen) atoms. The number of carbonyl (C=O) groups is 1. The molecule has 2 atom stereocenters. The van der Waals surface area contributed by atoms with Gasteiger partial charge in [-0.25, -0.2) is 14.8 Å². The monoisotopic (exact) mass is 208 g/mol. The average molecular weight is 208 g/mol. The van der Waals surface area contributed by atoms with Gasteiger partial charge in [0.2, 0.25) is 0 Å². The average Bonchev–Trinajstić information content (AvgIpc) is 2.30. The van der Waals surface area contributed by atoms with E-state index in [4.69, 9.17) is 9.84 Å². The SMILES string of the molecule is O=C(O)C1CCCC(c2ccncn2)O1. The highest BCUT2D eigenvalue weighted by molar-refractivity contribution is 5.72. The van der Waals surface area contributed by atoms with Gasteiger partial charge in [0, 0.05) is 6.20 Å². The Morgan fingerprint density at radius 1 is 1.53 bits per heavy atom. The van der Waals surface area contributed by atoms with Gasteiger partial charge in [-0.05, 0) is 25.3 Å². The van der Waals surface area contributed by atoms with Gasteiger partial charge in [0.1, 0.15) is 12.4 Å². The Morgan fingerprint density at radius 2 is 2.40 bits per heavy atom. The molecule has 0 radical (unpaired) electrons. The highest BCUT2D eigenvalue weighted by Crippen LogP contribution is 2.29. The van der Waals surface area contributed by atoms with Gasteiger partial charge in [-0.1, -0.05) is 0 Å². The van der Waals surface area contributed by atoms with Crippen LogP contribution in [0.15, 0.2) is 18.6 Å². The van der Waals surface area contributed by atoms with E-state index < -0.39 is 12.1 Å². The smallest absolute Gasteiger partial charge is 0.332 e. The van der Waals surface area contributed by atoms with Gasteiger partial charge in [-0.3, -0.25) is 0 Å². The fraction of sp³-hybridized carbons (Fsp3) is 0.500. The first-order valence-corrected chi connectivity index (χ1v) is 4.91. The van der Waals surface area contributed by atoms with Crippen LogP contribution in [0.25, 0.3) is 0 Å². The molecular formula is C10H12N2O3. The van der Waals surface area contributed by atoms with Crippen LogP contribution in [-0.2, 0) is 9.53 Å². The fourth-order valence-electron chi connectivity index (χ4n) is 1.71. The van der Waals surface area contributed by atoms with Crippen LogP contribution in [0.5, 0.6) is 0 Å². The fourth-order valence-corrected chi connectivity index (χ4v) is 1.71. The number of rotatable bonds is 2. The van der Waals surface area contributed by atoms with Crippen LogP contribution in [0.3, 0.4) is 0 Å². The van der Waals surface area contributed by atoms with Crippen LogP contribution >= 0.6 is 0 Å². The minimum absolute atomic E-state index is 0.206. The van der Waals surface area contributed by atoms with E-state index in [0.29, 0.717) is 6.42 Å². The molecule has 1 saturated heterocycles. The Balaban J connectivity index is 2.08. The lowest BCUT2D eigenvalue weighted by Crippen LogP contribution is -2.30. The van der Waals surface area contributed by atoms with Crippen molar-refractivity contribution < 1.29 is 14.6 Å². The van der Waals surface area contributed by atoms with Gasteiger partial charge < -0.3 is 9.84 Å². The summed E-state index contributed by atoms with van der Waals surface area (Å²) in [5, 5.41) is 8.85. The second kappa shape index (κ2) is 4.35. The molecule has 1 aliphatic heterocycles. The predicted octanol–water partition coefficient (Wildman–Crippen LogP) is 1.17. The second-order valence-corrected chi connectivity index (χ2v) is 3.52. The Hall–Kier alpha value is -1.49. The molecule has 0 amide bonds. The summed E-state index contributed by atoms with van der Waals surface area (Å²) in [7, 11) is 0. The maximum Gasteiger partial charge on any atom is 0.332 e. The topological polar surface area (TPSA) is 72.3 Å². The zero-order valence-electron chi connectivity index (χ0n) is 8.17. The first-order valence-electron chi connectivity index (χ1n) is 4.91. The van der Waals surface area contributed by atoms with E-state index in [1.807, 2.05) is 0 Å². The van der Waals surface area contributed by atoms with Crippen LogP contribution in [-0.4, -0.2) is 27.1 Å². The largest absolute Gasteiger partial charge is 0.479 e. The number of hydrogen-bond donors (Lipinski definition) is 1. The van der Waals surface area contributed by atoms with E-state index in [0.717, 1.165) is 18.5 Å². The number of hydrogen-bond acceptors (Lipinski definition) is 4. The molecule has 5 heteroatoms. The van der Waals surface area contributed by atoms with Crippen molar-refractivity contribution in [3.05, 3.63) is 24.3 Å². The lowest BCUT2D eigenvalue weighted by molar-refractivity contribution is -0.159. The quantitative estimate of drug-likeness (QED) is 0.789. The van der Waals surface area contributed by atoms with Gasteiger partial charge in [-0.2, -0.15) is 0 Å². The third-order valence-corrected chi connectivity index (χ3v) is 2.47. The van der Waals surface area contributed by atoms with Crippen molar-refractivity contribution >= 4 is 5.97 Å². The molecule has 0 spiro atoms. The summed E-state index contributed by atoms with van der Waals surface area (Å²) in [6, 6.07) is 1.76. The standard InChI is InChI=1S/C10H12N2O3/c13-10(14)9-3-1-2-8(15-9)7-4-5-11-6-12-7/h4-6,8-9H,1-3H2,(H,13,14). The Bertz CT molecular complexity index is 342. The number of aliphatic carboxylic acids is 1. The van der Waals surface area contributed by atoms with Gasteiger partial charge in [0.15, 0.2) is 6.10 Å². The van der Waals surface area contributed by atoms with Crippen LogP contribution in [0, 0.1) is 0 Å². The van der Waals surface area contributed by atoms with Crippen LogP contribution in [0.2, 0.25) is 0 Å². The number of carboxylic acid groups (broad SMARTS) is 1. The summed E-state index contributed by atoms with van der Waals surface area (Å²) in [6.07, 6.45) is 4.43. The van der Waals surface area contributed by atoms with E-state index >= 15 is 0 Å². The van der Waals surface area contributed by atoms with E-state index in [1.165, 1.54) is 6.33 Å². The normalized spacial score (nSPS) is 26.1. The molecular weight excluding hydrogens is 196 g/mol. The molecule has 80 valence electrons. The van der Waals surface area contributed by atoms with Crippen molar-refractivity contribution in [1.29, 1.82) is 0 Å². The molecule has 2 heterocycles. The van der Waals surface area contributed by atoms with Gasteiger partial charge in [-0.15, -0.1) is 0 Å². The molecule has 1 N–H and O–H groups in total. The lowest BCUT2D eigenvalue weighted by atomic mass is 10.0. The van der Waals surface area contributed by atoms with Gasteiger partial charge in [0.05, 0.1) is 5.69 Å². The van der Waals surface area contributed by atoms with Crippen molar-refractivity contribution in [3.63, 3.8) is 0 Å². The maximum absolute atomic E-state index is 10.8. The van der Waals surface area contributed by atoms with E-state index in [2.05, 4.69) is 9.97 Å². The van der Waals surface area contributed by atoms with Crippen molar-refractivity contribution in [2.45, 2.75) is 31.5 Å². The highest BCUT2D eigenvalue weighted by Gasteiger charge is 2.28. The zero-order chi connectivity index (χ0) is 10.7. The van der Waals surface area contributed by atoms with Crippen LogP contribution in [0.1, 0.15) is 31.1 Å². The Labute approximate surface area is 87.1 Å². The summed E-state index contributed by atoms with van der Waals surface area (Å²) in [5.74, 6) is -0.895. The van der Waals surface area contributed by atoms with Crippen molar-refractivity contribution in [2.75, 3.05) is 0 Å². The summed E-state index contributed by atoms with van der Waals surface area (Å²) in [6.45, 7) is 0. The Morgan fingerprint density at radius 3 is 3.07 bits per heavy atom. The van der Waals surface area contributed by atoms with E-state index in [-0.39, 0.29) is 6.10 Å². The molecule has 2 rings (SSSR count). The van der Waals surface area contributed by atoms with Gasteiger partial charge >= 0.3 is 5.97 Å². The number of nitrogens with zero attached hydrogens (tertiary/aromatic N) is 2. The number of carboxylic acids is 1. The van der Waals surface area contributed by atoms with Crippen molar-refractivity contribution in [3.8, 4) is 0 Å². The Kier molecular flexibility index (Phi) is 2.91. The molecule has 1 aliphatic rings. The van der Waals surface area contributed by atoms with E-state index in [9.17, 15) is 4.79 Å². The number of aromatic nitrogens is 2. The van der Waals surface area contributed by atoms with Crippen LogP contribution < -0.4 is 0 Å². The molecule has 0 saturated carbocycles. The molecule has 5 nitrogen and oxygen atoms in total. The molecule has 1 aromatic rings. The molecule has 0 aromatic carbocycles.